The Hall–Kier alpha value is -7.04. The van der Waals surface area contributed by atoms with Gasteiger partial charge in [-0.15, -0.1) is 0 Å². The van der Waals surface area contributed by atoms with Crippen LogP contribution in [0.25, 0.3) is 83.9 Å². The first kappa shape index (κ1) is 37.5. The van der Waals surface area contributed by atoms with Gasteiger partial charge in [-0.1, -0.05) is 184 Å². The van der Waals surface area contributed by atoms with Crippen LogP contribution in [0.1, 0.15) is 84.5 Å². The lowest BCUT2D eigenvalue weighted by atomic mass is 9.79. The Morgan fingerprint density at radius 3 is 1.64 bits per heavy atom. The topological polar surface area (TPSA) is 50.9 Å². The van der Waals surface area contributed by atoms with Crippen molar-refractivity contribution < 1.29 is 10.6 Å². The molecule has 0 aliphatic heterocycles. The number of aromatic hydroxyl groups is 1. The summed E-state index contributed by atoms with van der Waals surface area (Å²) in [5, 5.41) is 12.4. The largest absolute Gasteiger partial charge is 0.507 e. The van der Waals surface area contributed by atoms with E-state index < -0.39 is 0 Å². The summed E-state index contributed by atoms with van der Waals surface area (Å²) in [6, 6.07) is 48.2. The van der Waals surface area contributed by atoms with Crippen molar-refractivity contribution in [3.63, 3.8) is 0 Å². The lowest BCUT2D eigenvalue weighted by Gasteiger charge is -2.27. The molecule has 0 amide bonds. The lowest BCUT2D eigenvalue weighted by molar-refractivity contribution is 0.446. The number of para-hydroxylation sites is 1. The van der Waals surface area contributed by atoms with Gasteiger partial charge >= 0.3 is 0 Å². The van der Waals surface area contributed by atoms with E-state index in [0.29, 0.717) is 28.2 Å². The van der Waals surface area contributed by atoms with Crippen LogP contribution < -0.4 is 0 Å². The molecule has 64 heavy (non-hydrogen) atoms. The van der Waals surface area contributed by atoms with Crippen molar-refractivity contribution in [1.29, 1.82) is 0 Å². The van der Waals surface area contributed by atoms with E-state index in [1.54, 1.807) is 24.4 Å². The zero-order valence-electron chi connectivity index (χ0n) is 42.2. The zero-order chi connectivity index (χ0) is 48.4. The van der Waals surface area contributed by atoms with Crippen LogP contribution in [0.3, 0.4) is 0 Å². The maximum atomic E-state index is 12.4. The summed E-state index contributed by atoms with van der Waals surface area (Å²) in [6.07, 6.45) is 1.67. The number of phenolic OH excluding ortho intramolecular Hbond substituents is 1. The highest BCUT2D eigenvalue weighted by atomic mass is 16.3. The Kier molecular flexibility index (Phi) is 9.53. The molecule has 0 unspecified atom stereocenters. The first-order valence-corrected chi connectivity index (χ1v) is 22.0. The quantitative estimate of drug-likeness (QED) is 0.174. The number of fused-ring (bicyclic) bond motifs is 1. The van der Waals surface area contributed by atoms with Crippen LogP contribution in [0.2, 0.25) is 0 Å². The molecule has 0 atom stereocenters. The molecule has 0 saturated heterocycles. The third-order valence-electron chi connectivity index (χ3n) is 12.1. The molecule has 0 aliphatic carbocycles. The van der Waals surface area contributed by atoms with Gasteiger partial charge in [0.1, 0.15) is 11.6 Å². The molecule has 4 heteroatoms. The first-order chi connectivity index (χ1) is 32.2. The summed E-state index contributed by atoms with van der Waals surface area (Å²) < 4.78 is 38.4. The molecule has 1 N–H and O–H groups in total. The first-order valence-electron chi connectivity index (χ1n) is 24.0. The van der Waals surface area contributed by atoms with Crippen LogP contribution in [0.4, 0.5) is 0 Å². The van der Waals surface area contributed by atoms with E-state index in [0.717, 1.165) is 61.2 Å². The smallest absolute Gasteiger partial charge is 0.149 e. The minimum Gasteiger partial charge on any atom is -0.507 e. The second-order valence-electron chi connectivity index (χ2n) is 19.9. The van der Waals surface area contributed by atoms with E-state index in [4.69, 9.17) is 15.5 Å². The van der Waals surface area contributed by atoms with E-state index in [9.17, 15) is 5.11 Å². The molecular weight excluding hydrogens is 779 g/mol. The standard InChI is InChI=1S/C60H57N3O/c1-58(2,3)47-34-45(33-46(35-47)53-36-44(31-32-61-53)43-25-23-41(24-26-43)39-17-12-10-13-18-39)50-21-16-22-54-55(50)62-57(51-37-48(59(4,5)6)38-52(56(51)64)60(7,8)9)63(54)49-29-27-42(28-30-49)40-19-14-11-15-20-40/h10-38,64H,1-9H3/i23D,24D,25D,26D. The fourth-order valence-corrected chi connectivity index (χ4v) is 8.33. The van der Waals surface area contributed by atoms with Crippen molar-refractivity contribution >= 4 is 11.0 Å². The van der Waals surface area contributed by atoms with Crippen molar-refractivity contribution in [2.24, 2.45) is 0 Å². The maximum absolute atomic E-state index is 12.4. The van der Waals surface area contributed by atoms with Gasteiger partial charge in [-0.25, -0.2) is 4.98 Å². The van der Waals surface area contributed by atoms with Gasteiger partial charge < -0.3 is 5.11 Å². The molecule has 0 bridgehead atoms. The number of benzene rings is 7. The minimum absolute atomic E-state index is 0.0882. The molecule has 9 rings (SSSR count). The molecule has 2 heterocycles. The van der Waals surface area contributed by atoms with Crippen LogP contribution in [0, 0.1) is 0 Å². The number of rotatable bonds is 7. The Bertz CT molecular complexity index is 3350. The van der Waals surface area contributed by atoms with E-state index >= 15 is 0 Å². The summed E-state index contributed by atoms with van der Waals surface area (Å²) in [6.45, 7) is 19.5. The van der Waals surface area contributed by atoms with Gasteiger partial charge in [-0.05, 0) is 115 Å². The van der Waals surface area contributed by atoms with Gasteiger partial charge in [0.15, 0.2) is 0 Å². The van der Waals surface area contributed by atoms with Crippen molar-refractivity contribution in [3.8, 4) is 78.6 Å². The van der Waals surface area contributed by atoms with Crippen LogP contribution in [-0.4, -0.2) is 19.6 Å². The molecule has 0 fully saturated rings. The molecule has 4 nitrogen and oxygen atoms in total. The van der Waals surface area contributed by atoms with Crippen molar-refractivity contribution in [2.45, 2.75) is 78.6 Å². The van der Waals surface area contributed by atoms with Crippen LogP contribution in [0.15, 0.2) is 176 Å². The number of imidazole rings is 1. The van der Waals surface area contributed by atoms with E-state index in [1.165, 1.54) is 0 Å². The minimum atomic E-state index is -0.350. The molecule has 9 aromatic rings. The number of hydrogen-bond acceptors (Lipinski definition) is 3. The fourth-order valence-electron chi connectivity index (χ4n) is 8.33. The fraction of sp³-hybridized carbons (Fsp3) is 0.200. The number of phenols is 1. The summed E-state index contributed by atoms with van der Waals surface area (Å²) in [7, 11) is 0. The molecule has 0 saturated carbocycles. The molecule has 0 spiro atoms. The Labute approximate surface area is 384 Å². The highest BCUT2D eigenvalue weighted by molar-refractivity contribution is 5.97. The predicted molar refractivity (Wildman–Crippen MR) is 269 cm³/mol. The molecule has 0 radical (unpaired) electrons. The van der Waals surface area contributed by atoms with Gasteiger partial charge in [0.05, 0.1) is 27.8 Å². The van der Waals surface area contributed by atoms with Crippen molar-refractivity contribution in [1.82, 2.24) is 14.5 Å². The highest BCUT2D eigenvalue weighted by Crippen LogP contribution is 2.45. The predicted octanol–water partition coefficient (Wildman–Crippen LogP) is 16.0. The third-order valence-corrected chi connectivity index (χ3v) is 12.1. The molecular formula is C60H57N3O. The Morgan fingerprint density at radius 1 is 0.469 bits per heavy atom. The monoisotopic (exact) mass is 839 g/mol. The van der Waals surface area contributed by atoms with Crippen LogP contribution >= 0.6 is 0 Å². The molecule has 7 aromatic carbocycles. The Balaban J connectivity index is 1.26. The zero-order valence-corrected chi connectivity index (χ0v) is 38.2. The summed E-state index contributed by atoms with van der Waals surface area (Å²) in [5.41, 5.74) is 12.7. The van der Waals surface area contributed by atoms with Gasteiger partial charge in [0.25, 0.3) is 0 Å². The molecule has 0 aliphatic rings. The highest BCUT2D eigenvalue weighted by Gasteiger charge is 2.29. The van der Waals surface area contributed by atoms with Gasteiger partial charge in [0.2, 0.25) is 0 Å². The Morgan fingerprint density at radius 2 is 1.03 bits per heavy atom. The average molecular weight is 840 g/mol. The SMILES string of the molecule is [2H]c1c([2H])c(-c2ccnc(-c3cc(-c4cccc5c4nc(-c4cc(C(C)(C)C)cc(C(C)(C)C)c4O)n5-c4ccc(-c5ccccc5)cc4)cc(C(C)(C)C)c3)c2)c([2H])c([2H])c1-c1ccccc1. The van der Waals surface area contributed by atoms with E-state index in [2.05, 4.69) is 152 Å². The van der Waals surface area contributed by atoms with Crippen molar-refractivity contribution in [3.05, 3.63) is 193 Å². The van der Waals surface area contributed by atoms with Gasteiger partial charge in [-0.3, -0.25) is 9.55 Å². The summed E-state index contributed by atoms with van der Waals surface area (Å²) >= 11 is 0. The van der Waals surface area contributed by atoms with Crippen molar-refractivity contribution in [2.75, 3.05) is 0 Å². The molecule has 2 aromatic heterocycles. The average Bonchev–Trinajstić information content (AvgIpc) is 3.70. The van der Waals surface area contributed by atoms with E-state index in [1.807, 2.05) is 42.5 Å². The number of nitrogens with zero attached hydrogens (tertiary/aromatic N) is 3. The van der Waals surface area contributed by atoms with Crippen LogP contribution in [-0.2, 0) is 16.2 Å². The number of aromatic nitrogens is 3. The lowest BCUT2D eigenvalue weighted by Crippen LogP contribution is -2.17. The summed E-state index contributed by atoms with van der Waals surface area (Å²) in [5.74, 6) is 0.845. The second-order valence-corrected chi connectivity index (χ2v) is 19.9. The van der Waals surface area contributed by atoms with Gasteiger partial charge in [-0.2, -0.15) is 0 Å². The van der Waals surface area contributed by atoms with Gasteiger partial charge in [0, 0.05) is 28.6 Å². The third kappa shape index (κ3) is 8.29. The number of pyridine rings is 1. The number of hydrogen-bond donors (Lipinski definition) is 1. The second kappa shape index (κ2) is 16.3. The maximum Gasteiger partial charge on any atom is 0.149 e. The van der Waals surface area contributed by atoms with Crippen LogP contribution in [0.5, 0.6) is 5.75 Å². The normalized spacial score (nSPS) is 13.1. The van der Waals surface area contributed by atoms with E-state index in [-0.39, 0.29) is 57.3 Å². The molecule has 318 valence electrons. The summed E-state index contributed by atoms with van der Waals surface area (Å²) in [4.78, 5) is 10.4.